The van der Waals surface area contributed by atoms with Crippen LogP contribution in [-0.2, 0) is 10.8 Å². The summed E-state index contributed by atoms with van der Waals surface area (Å²) in [6.07, 6.45) is 2.26. The lowest BCUT2D eigenvalue weighted by Crippen LogP contribution is -2.33. The third-order valence-electron chi connectivity index (χ3n) is 6.76. The van der Waals surface area contributed by atoms with Gasteiger partial charge in [0, 0.05) is 0 Å². The van der Waals surface area contributed by atoms with Gasteiger partial charge in [0.2, 0.25) is 0 Å². The molecule has 0 radical (unpaired) electrons. The van der Waals surface area contributed by atoms with Crippen molar-refractivity contribution in [2.24, 2.45) is 5.18 Å². The van der Waals surface area contributed by atoms with Gasteiger partial charge in [-0.2, -0.15) is 0 Å². The van der Waals surface area contributed by atoms with Crippen LogP contribution in [0.15, 0.2) is 59.8 Å². The molecule has 154 valence electrons. The number of benzene rings is 3. The van der Waals surface area contributed by atoms with Crippen molar-refractivity contribution in [3.63, 3.8) is 0 Å². The van der Waals surface area contributed by atoms with Crippen LogP contribution in [0.5, 0.6) is 0 Å². The van der Waals surface area contributed by atoms with Crippen LogP contribution >= 0.6 is 0 Å². The maximum Gasteiger partial charge on any atom is 0.335 e. The third-order valence-corrected chi connectivity index (χ3v) is 6.76. The van der Waals surface area contributed by atoms with Crippen molar-refractivity contribution in [3.8, 4) is 0 Å². The van der Waals surface area contributed by atoms with Gasteiger partial charge in [-0.15, -0.1) is 4.91 Å². The van der Waals surface area contributed by atoms with Gasteiger partial charge in [-0.05, 0) is 74.9 Å². The van der Waals surface area contributed by atoms with Gasteiger partial charge in [0.05, 0.1) is 5.56 Å². The fraction of sp³-hybridized carbons (Fsp3) is 0.346. The van der Waals surface area contributed by atoms with Crippen LogP contribution in [0.25, 0.3) is 10.8 Å². The van der Waals surface area contributed by atoms with E-state index in [1.54, 1.807) is 12.1 Å². The molecule has 4 heteroatoms. The first-order valence-corrected chi connectivity index (χ1v) is 10.4. The lowest BCUT2D eigenvalue weighted by atomic mass is 9.62. The SMILES string of the molecule is CC1(C)CCC(C)(C)c2cc3c(C(N=O)c4ccc(C(=O)O)cc4)cccc3cc21. The number of hydrogen-bond donors (Lipinski definition) is 1. The zero-order valence-electron chi connectivity index (χ0n) is 17.9. The second kappa shape index (κ2) is 7.05. The fourth-order valence-corrected chi connectivity index (χ4v) is 4.71. The molecule has 1 atom stereocenters. The number of nitrogens with zero attached hydrogens (tertiary/aromatic N) is 1. The van der Waals surface area contributed by atoms with E-state index in [0.29, 0.717) is 5.56 Å². The Kier molecular flexibility index (Phi) is 4.76. The van der Waals surface area contributed by atoms with Gasteiger partial charge in [0.15, 0.2) is 0 Å². The van der Waals surface area contributed by atoms with Gasteiger partial charge in [0.25, 0.3) is 0 Å². The predicted octanol–water partition coefficient (Wildman–Crippen LogP) is 6.74. The quantitative estimate of drug-likeness (QED) is 0.492. The topological polar surface area (TPSA) is 66.7 Å². The molecule has 0 heterocycles. The molecule has 1 N–H and O–H groups in total. The molecule has 1 unspecified atom stereocenters. The standard InChI is InChI=1S/C26H27NO3/c1-25(2)12-13-26(3,4)22-15-20-18(14-21(22)25)6-5-7-19(20)23(27-30)16-8-10-17(11-9-16)24(28)29/h5-11,14-15,23H,12-13H2,1-4H3,(H,28,29). The lowest BCUT2D eigenvalue weighted by Gasteiger charge is -2.42. The van der Waals surface area contributed by atoms with Gasteiger partial charge in [-0.3, -0.25) is 0 Å². The number of aromatic carboxylic acids is 1. The van der Waals surface area contributed by atoms with E-state index in [4.69, 9.17) is 5.11 Å². The lowest BCUT2D eigenvalue weighted by molar-refractivity contribution is 0.0697. The van der Waals surface area contributed by atoms with Crippen LogP contribution in [0.4, 0.5) is 0 Å². The molecule has 0 spiro atoms. The number of carboxylic acids is 1. The second-order valence-electron chi connectivity index (χ2n) is 9.67. The van der Waals surface area contributed by atoms with E-state index >= 15 is 0 Å². The van der Waals surface area contributed by atoms with Gasteiger partial charge in [0.1, 0.15) is 6.04 Å². The van der Waals surface area contributed by atoms with Crippen molar-refractivity contribution in [1.29, 1.82) is 0 Å². The molecule has 1 aliphatic carbocycles. The summed E-state index contributed by atoms with van der Waals surface area (Å²) in [6.45, 7) is 9.18. The predicted molar refractivity (Wildman–Crippen MR) is 120 cm³/mol. The molecule has 0 aliphatic heterocycles. The summed E-state index contributed by atoms with van der Waals surface area (Å²) in [5.41, 5.74) is 4.64. The van der Waals surface area contributed by atoms with Crippen LogP contribution in [0.3, 0.4) is 0 Å². The molecule has 3 aromatic carbocycles. The third kappa shape index (κ3) is 3.30. The molecule has 0 aromatic heterocycles. The molecule has 1 aliphatic rings. The highest BCUT2D eigenvalue weighted by atomic mass is 16.4. The molecular weight excluding hydrogens is 374 g/mol. The average molecular weight is 402 g/mol. The van der Waals surface area contributed by atoms with Crippen LogP contribution in [0.2, 0.25) is 0 Å². The molecule has 4 nitrogen and oxygen atoms in total. The number of nitroso groups, excluding NO2 is 1. The molecule has 0 bridgehead atoms. The molecule has 3 aromatic rings. The minimum absolute atomic E-state index is 0.0688. The zero-order chi connectivity index (χ0) is 21.7. The molecule has 30 heavy (non-hydrogen) atoms. The first-order valence-electron chi connectivity index (χ1n) is 10.4. The molecule has 0 amide bonds. The highest BCUT2D eigenvalue weighted by Gasteiger charge is 2.37. The Hall–Kier alpha value is -3.01. The highest BCUT2D eigenvalue weighted by molar-refractivity contribution is 5.89. The van der Waals surface area contributed by atoms with Crippen molar-refractivity contribution < 1.29 is 9.90 Å². The van der Waals surface area contributed by atoms with Gasteiger partial charge in [-0.25, -0.2) is 4.79 Å². The maximum atomic E-state index is 11.9. The monoisotopic (exact) mass is 401 g/mol. The number of hydrogen-bond acceptors (Lipinski definition) is 3. The minimum Gasteiger partial charge on any atom is -0.478 e. The smallest absolute Gasteiger partial charge is 0.335 e. The Morgan fingerprint density at radius 3 is 2.10 bits per heavy atom. The first kappa shape index (κ1) is 20.3. The summed E-state index contributed by atoms with van der Waals surface area (Å²) in [4.78, 5) is 23.1. The molecule has 0 saturated heterocycles. The average Bonchev–Trinajstić information content (AvgIpc) is 2.72. The number of rotatable bonds is 4. The van der Waals surface area contributed by atoms with E-state index in [1.165, 1.54) is 23.3 Å². The van der Waals surface area contributed by atoms with Crippen LogP contribution < -0.4 is 0 Å². The Labute approximate surface area is 176 Å². The zero-order valence-corrected chi connectivity index (χ0v) is 17.9. The van der Waals surface area contributed by atoms with Crippen LogP contribution in [-0.4, -0.2) is 11.1 Å². The number of fused-ring (bicyclic) bond motifs is 2. The summed E-state index contributed by atoms with van der Waals surface area (Å²) < 4.78 is 0. The van der Waals surface area contributed by atoms with Gasteiger partial charge < -0.3 is 5.11 Å². The second-order valence-corrected chi connectivity index (χ2v) is 9.67. The van der Waals surface area contributed by atoms with E-state index in [1.807, 2.05) is 12.1 Å². The highest BCUT2D eigenvalue weighted by Crippen LogP contribution is 2.47. The molecule has 0 saturated carbocycles. The summed E-state index contributed by atoms with van der Waals surface area (Å²) in [5, 5.41) is 14.7. The summed E-state index contributed by atoms with van der Waals surface area (Å²) in [6, 6.07) is 16.3. The Morgan fingerprint density at radius 2 is 1.53 bits per heavy atom. The van der Waals surface area contributed by atoms with Crippen LogP contribution in [0.1, 0.15) is 79.2 Å². The first-order chi connectivity index (χ1) is 14.1. The number of carbonyl (C=O) groups is 1. The van der Waals surface area contributed by atoms with E-state index in [0.717, 1.165) is 29.2 Å². The van der Waals surface area contributed by atoms with E-state index in [-0.39, 0.29) is 16.4 Å². The Balaban J connectivity index is 1.91. The van der Waals surface area contributed by atoms with E-state index < -0.39 is 12.0 Å². The van der Waals surface area contributed by atoms with Gasteiger partial charge in [-0.1, -0.05) is 69.3 Å². The fourth-order valence-electron chi connectivity index (χ4n) is 4.71. The van der Waals surface area contributed by atoms with E-state index in [9.17, 15) is 9.70 Å². The van der Waals surface area contributed by atoms with Crippen molar-refractivity contribution >= 4 is 16.7 Å². The van der Waals surface area contributed by atoms with Crippen molar-refractivity contribution in [2.75, 3.05) is 0 Å². The normalized spacial score (nSPS) is 17.9. The van der Waals surface area contributed by atoms with Crippen LogP contribution in [0, 0.1) is 4.91 Å². The van der Waals surface area contributed by atoms with Crippen molar-refractivity contribution in [1.82, 2.24) is 0 Å². The van der Waals surface area contributed by atoms with Crippen molar-refractivity contribution in [2.45, 2.75) is 57.4 Å². The Morgan fingerprint density at radius 1 is 0.933 bits per heavy atom. The Bertz CT molecular complexity index is 1140. The molecular formula is C26H27NO3. The van der Waals surface area contributed by atoms with Gasteiger partial charge >= 0.3 is 5.97 Å². The number of carboxylic acid groups (broad SMARTS) is 1. The summed E-state index contributed by atoms with van der Waals surface area (Å²) in [7, 11) is 0. The molecule has 4 rings (SSSR count). The maximum absolute atomic E-state index is 11.9. The van der Waals surface area contributed by atoms with E-state index in [2.05, 4.69) is 51.1 Å². The minimum atomic E-state index is -0.987. The molecule has 0 fully saturated rings. The largest absolute Gasteiger partial charge is 0.478 e. The summed E-state index contributed by atoms with van der Waals surface area (Å²) >= 11 is 0. The van der Waals surface area contributed by atoms with Crippen molar-refractivity contribution in [3.05, 3.63) is 87.3 Å². The summed E-state index contributed by atoms with van der Waals surface area (Å²) in [5.74, 6) is -0.987.